The quantitative estimate of drug-likeness (QED) is 0.212. The minimum Gasteiger partial charge on any atom is -0.365 e. The summed E-state index contributed by atoms with van der Waals surface area (Å²) in [5, 5.41) is 0. The number of carbonyl (C=O) groups is 2. The molecule has 0 amide bonds. The van der Waals surface area contributed by atoms with Crippen LogP contribution in [0.3, 0.4) is 0 Å². The lowest BCUT2D eigenvalue weighted by Gasteiger charge is -2.21. The summed E-state index contributed by atoms with van der Waals surface area (Å²) in [6, 6.07) is 4.48. The van der Waals surface area contributed by atoms with Gasteiger partial charge in [0.15, 0.2) is 5.75 Å². The Morgan fingerprint density at radius 1 is 0.867 bits per heavy atom. The smallest absolute Gasteiger partial charge is 0.365 e. The molecule has 1 aromatic carbocycles. The first kappa shape index (κ1) is 20.5. The van der Waals surface area contributed by atoms with E-state index in [1.165, 1.54) is 18.2 Å². The van der Waals surface area contributed by atoms with Crippen LogP contribution >= 0.6 is 7.82 Å². The third-order valence-corrected chi connectivity index (χ3v) is 4.80. The van der Waals surface area contributed by atoms with Gasteiger partial charge in [-0.1, -0.05) is 4.67 Å². The van der Waals surface area contributed by atoms with Crippen molar-refractivity contribution in [3.63, 3.8) is 0 Å². The van der Waals surface area contributed by atoms with E-state index < -0.39 is 13.6 Å². The van der Waals surface area contributed by atoms with Crippen LogP contribution in [-0.2, 0) is 18.8 Å². The van der Waals surface area contributed by atoms with Crippen molar-refractivity contribution in [2.45, 2.75) is 0 Å². The molecule has 2 N–H and O–H groups in total. The first-order valence-corrected chi connectivity index (χ1v) is 10.7. The Balaban J connectivity index is 0.000000152. The average molecular weight is 439 g/mol. The summed E-state index contributed by atoms with van der Waals surface area (Å²) < 4.78 is 26.2. The molecule has 3 fully saturated rings. The van der Waals surface area contributed by atoms with E-state index in [0.29, 0.717) is 17.1 Å². The van der Waals surface area contributed by atoms with Gasteiger partial charge in [0, 0.05) is 45.3 Å². The van der Waals surface area contributed by atoms with Gasteiger partial charge < -0.3 is 29.4 Å². The Morgan fingerprint density at radius 2 is 1.40 bits per heavy atom. The molecule has 3 saturated heterocycles. The highest BCUT2D eigenvalue weighted by Crippen LogP contribution is 2.36. The maximum absolute atomic E-state index is 12.4. The Bertz CT molecular complexity index is 976. The first-order chi connectivity index (χ1) is 14.2. The Morgan fingerprint density at radius 3 is 1.90 bits per heavy atom. The molecule has 1 aromatic rings. The molecule has 1 aliphatic carbocycles. The van der Waals surface area contributed by atoms with Crippen LogP contribution < -0.4 is 4.89 Å². The van der Waals surface area contributed by atoms with Crippen LogP contribution in [0.4, 0.5) is 4.39 Å². The summed E-state index contributed by atoms with van der Waals surface area (Å²) in [7, 11) is -4.66. The maximum Gasteiger partial charge on any atom is 0.505 e. The van der Waals surface area contributed by atoms with E-state index in [-0.39, 0.29) is 17.3 Å². The largest absolute Gasteiger partial charge is 0.505 e. The van der Waals surface area contributed by atoms with Crippen molar-refractivity contribution in [3.05, 3.63) is 53.2 Å². The van der Waals surface area contributed by atoms with Gasteiger partial charge in [0.05, 0.1) is 5.70 Å². The van der Waals surface area contributed by atoms with Crippen molar-refractivity contribution in [1.29, 1.82) is 0 Å². The minimum absolute atomic E-state index is 0.00438. The summed E-state index contributed by atoms with van der Waals surface area (Å²) >= 11 is 0. The van der Waals surface area contributed by atoms with Crippen LogP contribution in [0.5, 0.6) is 5.75 Å². The molecule has 3 heterocycles. The number of hydrogen-bond acceptors (Lipinski definition) is 8. The Kier molecular flexibility index (Phi) is 5.37. The fourth-order valence-electron chi connectivity index (χ4n) is 2.86. The number of nitrogens with zero attached hydrogens (tertiary/aromatic N) is 3. The molecule has 0 spiro atoms. The zero-order chi connectivity index (χ0) is 21.5. The highest BCUT2D eigenvalue weighted by molar-refractivity contribution is 7.46. The van der Waals surface area contributed by atoms with Crippen LogP contribution in [0.2, 0.25) is 0 Å². The standard InChI is InChI=1S/C12H13N3O2.C6H6FO5P/c16-9-7-8(13-1-2-13)12(17)11(15-5-6-15)10(9)14-3-4-14;7-5-1-3-6(4-2-5)11-12-13(8,9)10/h7H,1-6H2;1-4H,(H2,8,9,10). The van der Waals surface area contributed by atoms with Gasteiger partial charge in [-0.25, -0.2) is 8.96 Å². The van der Waals surface area contributed by atoms with Gasteiger partial charge in [-0.05, 0) is 24.3 Å². The van der Waals surface area contributed by atoms with Crippen molar-refractivity contribution in [3.8, 4) is 5.75 Å². The monoisotopic (exact) mass is 439 g/mol. The van der Waals surface area contributed by atoms with E-state index in [4.69, 9.17) is 9.79 Å². The number of Topliss-reactive ketones (excluding diaryl/α,β-unsaturated/α-hetero) is 1. The van der Waals surface area contributed by atoms with Gasteiger partial charge in [-0.3, -0.25) is 9.59 Å². The fourth-order valence-corrected chi connectivity index (χ4v) is 3.04. The lowest BCUT2D eigenvalue weighted by Crippen LogP contribution is -2.29. The molecule has 30 heavy (non-hydrogen) atoms. The number of benzene rings is 1. The molecule has 0 atom stereocenters. The molecule has 4 aliphatic rings. The number of phosphoric acid groups is 1. The van der Waals surface area contributed by atoms with Crippen molar-refractivity contribution < 1.29 is 37.9 Å². The second kappa shape index (κ2) is 7.84. The second-order valence-electron chi connectivity index (χ2n) is 6.98. The third-order valence-electron chi connectivity index (χ3n) is 4.53. The van der Waals surface area contributed by atoms with E-state index >= 15 is 0 Å². The highest BCUT2D eigenvalue weighted by Gasteiger charge is 2.43. The Labute approximate surface area is 170 Å². The second-order valence-corrected chi connectivity index (χ2v) is 8.11. The van der Waals surface area contributed by atoms with Crippen molar-refractivity contribution in [1.82, 2.24) is 14.7 Å². The number of rotatable bonds is 6. The van der Waals surface area contributed by atoms with E-state index in [9.17, 15) is 18.5 Å². The van der Waals surface area contributed by atoms with E-state index in [1.54, 1.807) is 0 Å². The van der Waals surface area contributed by atoms with Gasteiger partial charge in [0.1, 0.15) is 17.2 Å². The topological polar surface area (TPSA) is 119 Å². The van der Waals surface area contributed by atoms with Crippen molar-refractivity contribution >= 4 is 19.4 Å². The third kappa shape index (κ3) is 5.06. The molecule has 5 rings (SSSR count). The van der Waals surface area contributed by atoms with Gasteiger partial charge in [0.2, 0.25) is 11.6 Å². The normalized spacial score (nSPS) is 20.0. The fraction of sp³-hybridized carbons (Fsp3) is 0.333. The van der Waals surface area contributed by atoms with Gasteiger partial charge in [-0.15, -0.1) is 0 Å². The maximum atomic E-state index is 12.4. The summed E-state index contributed by atoms with van der Waals surface area (Å²) in [4.78, 5) is 51.1. The predicted octanol–water partition coefficient (Wildman–Crippen LogP) is 0.409. The average Bonchev–Trinajstić information content (AvgIpc) is 3.55. The summed E-state index contributed by atoms with van der Waals surface area (Å²) in [5.74, 6) is -0.430. The molecule has 12 heteroatoms. The zero-order valence-electron chi connectivity index (χ0n) is 15.7. The summed E-state index contributed by atoms with van der Waals surface area (Å²) in [6.07, 6.45) is 1.52. The molecule has 10 nitrogen and oxygen atoms in total. The van der Waals surface area contributed by atoms with Crippen LogP contribution in [0.1, 0.15) is 0 Å². The first-order valence-electron chi connectivity index (χ1n) is 9.20. The van der Waals surface area contributed by atoms with E-state index in [0.717, 1.165) is 51.4 Å². The molecule has 0 radical (unpaired) electrons. The zero-order valence-corrected chi connectivity index (χ0v) is 16.6. The summed E-state index contributed by atoms with van der Waals surface area (Å²) in [5.41, 5.74) is 1.89. The highest BCUT2D eigenvalue weighted by atomic mass is 31.2. The molecule has 0 unspecified atom stereocenters. The van der Waals surface area contributed by atoms with Crippen LogP contribution in [0.15, 0.2) is 47.4 Å². The molecular formula is C18H19FN3O7P. The predicted molar refractivity (Wildman–Crippen MR) is 100.0 cm³/mol. The molecule has 0 bridgehead atoms. The number of hydrogen-bond donors (Lipinski definition) is 2. The lowest BCUT2D eigenvalue weighted by atomic mass is 10.0. The van der Waals surface area contributed by atoms with Crippen LogP contribution in [0.25, 0.3) is 0 Å². The minimum atomic E-state index is -4.66. The van der Waals surface area contributed by atoms with E-state index in [1.807, 2.05) is 14.7 Å². The SMILES string of the molecule is O=C1C=C(N2CC2)C(=O)C(N2CC2)=C1N1CC1.O=P(O)(O)OOc1ccc(F)cc1. The lowest BCUT2D eigenvalue weighted by molar-refractivity contribution is -0.122. The molecule has 3 aliphatic heterocycles. The number of allylic oxidation sites excluding steroid dienone is 1. The molecule has 0 aromatic heterocycles. The van der Waals surface area contributed by atoms with Crippen LogP contribution in [0, 0.1) is 5.82 Å². The van der Waals surface area contributed by atoms with Crippen LogP contribution in [-0.4, -0.2) is 75.3 Å². The van der Waals surface area contributed by atoms with Crippen molar-refractivity contribution in [2.24, 2.45) is 0 Å². The summed E-state index contributed by atoms with van der Waals surface area (Å²) in [6.45, 7) is 5.41. The number of carbonyl (C=O) groups excluding carboxylic acids is 2. The molecule has 160 valence electrons. The van der Waals surface area contributed by atoms with E-state index in [2.05, 4.69) is 9.56 Å². The number of halogens is 1. The molecule has 0 saturated carbocycles. The molecular weight excluding hydrogens is 420 g/mol. The number of ketones is 2. The van der Waals surface area contributed by atoms with Gasteiger partial charge >= 0.3 is 7.82 Å². The van der Waals surface area contributed by atoms with Crippen molar-refractivity contribution in [2.75, 3.05) is 39.3 Å². The Hall–Kier alpha value is -2.72. The van der Waals surface area contributed by atoms with Gasteiger partial charge in [0.25, 0.3) is 0 Å². The van der Waals surface area contributed by atoms with Gasteiger partial charge in [-0.2, -0.15) is 0 Å².